The highest BCUT2D eigenvalue weighted by Gasteiger charge is 2.22. The second-order valence-electron chi connectivity index (χ2n) is 4.94. The van der Waals surface area contributed by atoms with E-state index in [2.05, 4.69) is 27.2 Å². The average Bonchev–Trinajstić information content (AvgIpc) is 2.81. The molecule has 2 nitrogen and oxygen atoms in total. The van der Waals surface area contributed by atoms with Crippen molar-refractivity contribution >= 4 is 27.9 Å². The van der Waals surface area contributed by atoms with E-state index >= 15 is 0 Å². The lowest BCUT2D eigenvalue weighted by atomic mass is 9.95. The molecule has 2 aromatic heterocycles. The Balaban J connectivity index is 1.74. The molecular weight excluding hydrogens is 252 g/mol. The first-order chi connectivity index (χ1) is 8.33. The van der Waals surface area contributed by atoms with Crippen molar-refractivity contribution in [3.8, 4) is 0 Å². The van der Waals surface area contributed by atoms with Gasteiger partial charge in [0.1, 0.15) is 0 Å². The summed E-state index contributed by atoms with van der Waals surface area (Å²) in [6.45, 7) is 0. The first-order valence-electron chi connectivity index (χ1n) is 6.38. The van der Waals surface area contributed by atoms with Crippen molar-refractivity contribution in [3.63, 3.8) is 0 Å². The molecule has 0 bridgehead atoms. The first kappa shape index (κ1) is 11.5. The maximum absolute atomic E-state index is 6.48. The first-order valence-corrected chi connectivity index (χ1v) is 7.69. The third-order valence-electron chi connectivity index (χ3n) is 3.68. The maximum Gasteiger partial charge on any atom is 0.193 e. The Hall–Kier alpha value is -0.540. The van der Waals surface area contributed by atoms with Crippen LogP contribution in [-0.2, 0) is 6.42 Å². The SMILES string of the molecule is ClC1CCCCCC1Cc1cn2ccsc2n1. The summed E-state index contributed by atoms with van der Waals surface area (Å²) in [5, 5.41) is 2.42. The van der Waals surface area contributed by atoms with Crippen molar-refractivity contribution in [2.75, 3.05) is 0 Å². The van der Waals surface area contributed by atoms with Crippen LogP contribution < -0.4 is 0 Å². The number of rotatable bonds is 2. The van der Waals surface area contributed by atoms with Crippen LogP contribution in [0.2, 0.25) is 0 Å². The van der Waals surface area contributed by atoms with Gasteiger partial charge in [0.25, 0.3) is 0 Å². The van der Waals surface area contributed by atoms with E-state index in [-0.39, 0.29) is 0 Å². The minimum absolute atomic E-state index is 0.345. The van der Waals surface area contributed by atoms with E-state index in [4.69, 9.17) is 11.6 Å². The molecule has 0 saturated heterocycles. The third-order valence-corrected chi connectivity index (χ3v) is 5.03. The molecule has 2 atom stereocenters. The van der Waals surface area contributed by atoms with Crippen LogP contribution in [0.5, 0.6) is 0 Å². The Morgan fingerprint density at radius 1 is 1.35 bits per heavy atom. The van der Waals surface area contributed by atoms with Gasteiger partial charge in [-0.1, -0.05) is 19.3 Å². The van der Waals surface area contributed by atoms with Crippen LogP contribution in [0.4, 0.5) is 0 Å². The summed E-state index contributed by atoms with van der Waals surface area (Å²) in [6, 6.07) is 0. The Morgan fingerprint density at radius 3 is 3.12 bits per heavy atom. The second kappa shape index (κ2) is 4.99. The summed E-state index contributed by atoms with van der Waals surface area (Å²) >= 11 is 8.17. The summed E-state index contributed by atoms with van der Waals surface area (Å²) in [5.41, 5.74) is 1.20. The topological polar surface area (TPSA) is 17.3 Å². The molecule has 0 spiro atoms. The van der Waals surface area contributed by atoms with E-state index in [0.717, 1.165) is 11.4 Å². The number of hydrogen-bond donors (Lipinski definition) is 0. The Bertz CT molecular complexity index is 462. The molecule has 2 unspecified atom stereocenters. The van der Waals surface area contributed by atoms with Gasteiger partial charge in [-0.05, 0) is 25.2 Å². The van der Waals surface area contributed by atoms with Gasteiger partial charge in [-0.15, -0.1) is 22.9 Å². The van der Waals surface area contributed by atoms with Crippen molar-refractivity contribution in [2.45, 2.75) is 43.9 Å². The molecule has 4 heteroatoms. The molecule has 2 heterocycles. The smallest absolute Gasteiger partial charge is 0.193 e. The lowest BCUT2D eigenvalue weighted by Gasteiger charge is -2.18. The number of hydrogen-bond acceptors (Lipinski definition) is 2. The molecule has 92 valence electrons. The van der Waals surface area contributed by atoms with Crippen LogP contribution in [0.1, 0.15) is 37.8 Å². The summed E-state index contributed by atoms with van der Waals surface area (Å²) < 4.78 is 2.11. The van der Waals surface area contributed by atoms with Crippen LogP contribution in [0.3, 0.4) is 0 Å². The molecule has 0 amide bonds. The van der Waals surface area contributed by atoms with Crippen LogP contribution in [0.25, 0.3) is 4.96 Å². The fraction of sp³-hybridized carbons (Fsp3) is 0.615. The lowest BCUT2D eigenvalue weighted by molar-refractivity contribution is 0.461. The molecule has 1 aliphatic rings. The van der Waals surface area contributed by atoms with Gasteiger partial charge in [0, 0.05) is 23.2 Å². The van der Waals surface area contributed by atoms with Gasteiger partial charge >= 0.3 is 0 Å². The van der Waals surface area contributed by atoms with Crippen LogP contribution >= 0.6 is 22.9 Å². The molecule has 3 rings (SSSR count). The van der Waals surface area contributed by atoms with Crippen molar-refractivity contribution < 1.29 is 0 Å². The van der Waals surface area contributed by atoms with Crippen molar-refractivity contribution in [3.05, 3.63) is 23.5 Å². The van der Waals surface area contributed by atoms with Gasteiger partial charge in [-0.3, -0.25) is 4.40 Å². The second-order valence-corrected chi connectivity index (χ2v) is 6.38. The van der Waals surface area contributed by atoms with E-state index in [1.165, 1.54) is 37.8 Å². The monoisotopic (exact) mass is 268 g/mol. The molecule has 0 aliphatic heterocycles. The highest BCUT2D eigenvalue weighted by atomic mass is 35.5. The molecule has 17 heavy (non-hydrogen) atoms. The summed E-state index contributed by atoms with van der Waals surface area (Å²) in [5.74, 6) is 0.615. The van der Waals surface area contributed by atoms with E-state index in [0.29, 0.717) is 11.3 Å². The zero-order valence-electron chi connectivity index (χ0n) is 9.81. The minimum Gasteiger partial charge on any atom is -0.297 e. The summed E-state index contributed by atoms with van der Waals surface area (Å²) in [7, 11) is 0. The summed E-state index contributed by atoms with van der Waals surface area (Å²) in [6.07, 6.45) is 11.7. The average molecular weight is 269 g/mol. The number of aromatic nitrogens is 2. The van der Waals surface area contributed by atoms with E-state index < -0.39 is 0 Å². The molecule has 1 saturated carbocycles. The molecule has 1 fully saturated rings. The highest BCUT2D eigenvalue weighted by Crippen LogP contribution is 2.30. The molecule has 0 N–H and O–H groups in total. The van der Waals surface area contributed by atoms with Gasteiger partial charge in [0.15, 0.2) is 4.96 Å². The Kier molecular flexibility index (Phi) is 3.39. The Labute approximate surface area is 111 Å². The van der Waals surface area contributed by atoms with E-state index in [1.54, 1.807) is 11.3 Å². The predicted octanol–water partition coefficient (Wildman–Crippen LogP) is 4.13. The summed E-state index contributed by atoms with van der Waals surface area (Å²) in [4.78, 5) is 5.75. The van der Waals surface area contributed by atoms with E-state index in [9.17, 15) is 0 Å². The number of alkyl halides is 1. The van der Waals surface area contributed by atoms with Gasteiger partial charge in [0.2, 0.25) is 0 Å². The maximum atomic E-state index is 6.48. The fourth-order valence-electron chi connectivity index (χ4n) is 2.71. The zero-order valence-corrected chi connectivity index (χ0v) is 11.4. The number of thiazole rings is 1. The lowest BCUT2D eigenvalue weighted by Crippen LogP contribution is -2.16. The number of fused-ring (bicyclic) bond motifs is 1. The van der Waals surface area contributed by atoms with Gasteiger partial charge in [-0.25, -0.2) is 4.98 Å². The van der Waals surface area contributed by atoms with E-state index in [1.807, 2.05) is 0 Å². The normalized spacial score (nSPS) is 26.2. The number of imidazole rings is 1. The standard InChI is InChI=1S/C13H17ClN2S/c14-12-5-3-1-2-4-10(12)8-11-9-16-6-7-17-13(16)15-11/h6-7,9-10,12H,1-5,8H2. The van der Waals surface area contributed by atoms with Gasteiger partial charge < -0.3 is 0 Å². The van der Waals surface area contributed by atoms with Gasteiger partial charge in [0.05, 0.1) is 5.69 Å². The number of halogens is 1. The fourth-order valence-corrected chi connectivity index (χ4v) is 3.80. The highest BCUT2D eigenvalue weighted by molar-refractivity contribution is 7.15. The molecule has 0 aromatic carbocycles. The molecule has 1 aliphatic carbocycles. The quantitative estimate of drug-likeness (QED) is 0.591. The third kappa shape index (κ3) is 2.50. The largest absolute Gasteiger partial charge is 0.297 e. The molecule has 0 radical (unpaired) electrons. The van der Waals surface area contributed by atoms with Crippen molar-refractivity contribution in [1.29, 1.82) is 0 Å². The molecular formula is C13H17ClN2S. The Morgan fingerprint density at radius 2 is 2.24 bits per heavy atom. The van der Waals surface area contributed by atoms with Gasteiger partial charge in [-0.2, -0.15) is 0 Å². The predicted molar refractivity (Wildman–Crippen MR) is 73.0 cm³/mol. The van der Waals surface area contributed by atoms with Crippen LogP contribution in [0.15, 0.2) is 17.8 Å². The molecule has 2 aromatic rings. The van der Waals surface area contributed by atoms with Crippen LogP contribution in [-0.4, -0.2) is 14.8 Å². The zero-order chi connectivity index (χ0) is 11.7. The van der Waals surface area contributed by atoms with Crippen molar-refractivity contribution in [2.24, 2.45) is 5.92 Å². The number of nitrogens with zero attached hydrogens (tertiary/aromatic N) is 2. The minimum atomic E-state index is 0.345. The van der Waals surface area contributed by atoms with Crippen LogP contribution in [0, 0.1) is 5.92 Å². The van der Waals surface area contributed by atoms with Crippen molar-refractivity contribution in [1.82, 2.24) is 9.38 Å².